The molecule has 2 aliphatic heterocycles. The van der Waals surface area contributed by atoms with Crippen molar-refractivity contribution in [2.24, 2.45) is 0 Å². The Hall–Kier alpha value is -2.31. The summed E-state index contributed by atoms with van der Waals surface area (Å²) in [6, 6.07) is -0.947. The Bertz CT molecular complexity index is 1450. The molecule has 14 nitrogen and oxygen atoms in total. The van der Waals surface area contributed by atoms with E-state index >= 15 is 0 Å². The van der Waals surface area contributed by atoms with Crippen molar-refractivity contribution in [2.45, 2.75) is 286 Å². The molecule has 0 aromatic heterocycles. The lowest BCUT2D eigenvalue weighted by atomic mass is 9.97. The molecule has 424 valence electrons. The van der Waals surface area contributed by atoms with Gasteiger partial charge >= 0.3 is 0 Å². The van der Waals surface area contributed by atoms with E-state index in [1.807, 2.05) is 6.08 Å². The van der Waals surface area contributed by atoms with Gasteiger partial charge in [-0.25, -0.2) is 0 Å². The van der Waals surface area contributed by atoms with Gasteiger partial charge in [0.15, 0.2) is 12.6 Å². The minimum Gasteiger partial charge on any atom is -0.394 e. The zero-order valence-electron chi connectivity index (χ0n) is 45.4. The molecule has 73 heavy (non-hydrogen) atoms. The van der Waals surface area contributed by atoms with Gasteiger partial charge in [-0.05, 0) is 70.6 Å². The molecule has 2 heterocycles. The van der Waals surface area contributed by atoms with Crippen molar-refractivity contribution in [3.8, 4) is 0 Å². The van der Waals surface area contributed by atoms with Crippen molar-refractivity contribution in [1.82, 2.24) is 5.32 Å². The largest absolute Gasteiger partial charge is 0.394 e. The summed E-state index contributed by atoms with van der Waals surface area (Å²) in [5.41, 5.74) is 0. The molecule has 14 heteroatoms. The first-order valence-electron chi connectivity index (χ1n) is 29.0. The Morgan fingerprint density at radius 3 is 1.48 bits per heavy atom. The van der Waals surface area contributed by atoms with Crippen molar-refractivity contribution < 1.29 is 64.6 Å². The lowest BCUT2D eigenvalue weighted by molar-refractivity contribution is -0.359. The van der Waals surface area contributed by atoms with Gasteiger partial charge in [0, 0.05) is 6.42 Å². The fraction of sp³-hybridized carbons (Fsp3) is 0.814. The summed E-state index contributed by atoms with van der Waals surface area (Å²) in [5.74, 6) is -0.270. The smallest absolute Gasteiger partial charge is 0.220 e. The summed E-state index contributed by atoms with van der Waals surface area (Å²) in [5, 5.41) is 86.9. The van der Waals surface area contributed by atoms with Crippen LogP contribution in [0, 0.1) is 0 Å². The van der Waals surface area contributed by atoms with Crippen LogP contribution in [0.15, 0.2) is 60.8 Å². The summed E-state index contributed by atoms with van der Waals surface area (Å²) in [6.45, 7) is 2.69. The Morgan fingerprint density at radius 2 is 0.945 bits per heavy atom. The fourth-order valence-corrected chi connectivity index (χ4v) is 9.18. The van der Waals surface area contributed by atoms with E-state index < -0.39 is 86.8 Å². The topological polar surface area (TPSA) is 228 Å². The van der Waals surface area contributed by atoms with Gasteiger partial charge in [0.25, 0.3) is 0 Å². The zero-order chi connectivity index (χ0) is 53.2. The van der Waals surface area contributed by atoms with Gasteiger partial charge in [0.05, 0.1) is 32.0 Å². The molecule has 1 amide bonds. The van der Waals surface area contributed by atoms with E-state index in [0.717, 1.165) is 77.0 Å². The summed E-state index contributed by atoms with van der Waals surface area (Å²) in [4.78, 5) is 13.2. The van der Waals surface area contributed by atoms with E-state index in [2.05, 4.69) is 67.8 Å². The standard InChI is InChI=1S/C59H105NO13/c1-3-5-7-9-11-13-15-17-18-19-20-21-22-23-24-25-26-27-28-29-31-32-34-36-38-40-42-48(63)47(60-51(64)43-41-39-37-35-33-30-16-14-12-10-8-6-4-2)46-70-58-56(69)54(67)57(50(45-62)72-58)73-59-55(68)53(66)52(65)49(44-61)71-59/h8,10,14,16,27-28,32,34,40,42,47-50,52-59,61-63,65-69H,3-7,9,11-13,15,17-26,29-31,33,35-39,41,43-46H2,1-2H3,(H,60,64)/b10-8-,16-14-,28-27+,34-32+,42-40+. The molecule has 2 saturated heterocycles. The van der Waals surface area contributed by atoms with Crippen LogP contribution < -0.4 is 5.32 Å². The van der Waals surface area contributed by atoms with Crippen molar-refractivity contribution in [3.63, 3.8) is 0 Å². The van der Waals surface area contributed by atoms with Gasteiger partial charge in [0.1, 0.15) is 48.8 Å². The van der Waals surface area contributed by atoms with E-state index in [9.17, 15) is 45.6 Å². The Kier molecular flexibility index (Phi) is 41.0. The number of nitrogens with one attached hydrogen (secondary N) is 1. The van der Waals surface area contributed by atoms with E-state index in [4.69, 9.17) is 18.9 Å². The lowest BCUT2D eigenvalue weighted by Gasteiger charge is -2.46. The van der Waals surface area contributed by atoms with Gasteiger partial charge in [-0.15, -0.1) is 0 Å². The second-order valence-corrected chi connectivity index (χ2v) is 20.4. The van der Waals surface area contributed by atoms with E-state index in [1.54, 1.807) is 6.08 Å². The molecule has 0 aromatic carbocycles. The first-order chi connectivity index (χ1) is 35.6. The Labute approximate surface area is 441 Å². The number of amides is 1. The number of aliphatic hydroxyl groups excluding tert-OH is 8. The molecular formula is C59H105NO13. The molecule has 0 saturated carbocycles. The minimum atomic E-state index is -1.80. The first-order valence-corrected chi connectivity index (χ1v) is 29.0. The molecule has 0 aromatic rings. The maximum absolute atomic E-state index is 13.2. The maximum Gasteiger partial charge on any atom is 0.220 e. The normalized spacial score (nSPS) is 25.8. The molecule has 2 rings (SSSR count). The van der Waals surface area contributed by atoms with E-state index in [1.165, 1.54) is 103 Å². The van der Waals surface area contributed by atoms with Gasteiger partial charge in [-0.1, -0.05) is 197 Å². The average Bonchev–Trinajstić information content (AvgIpc) is 3.39. The number of unbranched alkanes of at least 4 members (excludes halogenated alkanes) is 24. The second-order valence-electron chi connectivity index (χ2n) is 20.4. The molecule has 2 aliphatic rings. The molecule has 2 fully saturated rings. The van der Waals surface area contributed by atoms with Crippen molar-refractivity contribution in [3.05, 3.63) is 60.8 Å². The highest BCUT2D eigenvalue weighted by molar-refractivity contribution is 5.76. The molecule has 0 radical (unpaired) electrons. The van der Waals surface area contributed by atoms with Crippen LogP contribution in [-0.2, 0) is 23.7 Å². The molecule has 0 bridgehead atoms. The van der Waals surface area contributed by atoms with Crippen LogP contribution >= 0.6 is 0 Å². The molecule has 12 unspecified atom stereocenters. The predicted molar refractivity (Wildman–Crippen MR) is 290 cm³/mol. The third-order valence-corrected chi connectivity index (χ3v) is 13.9. The number of carbonyl (C=O) groups excluding carboxylic acids is 1. The van der Waals surface area contributed by atoms with E-state index in [0.29, 0.717) is 12.8 Å². The van der Waals surface area contributed by atoms with Crippen LogP contribution in [0.2, 0.25) is 0 Å². The average molecular weight is 1040 g/mol. The Balaban J connectivity index is 1.78. The highest BCUT2D eigenvalue weighted by Gasteiger charge is 2.51. The molecule has 12 atom stereocenters. The van der Waals surface area contributed by atoms with Crippen LogP contribution in [0.3, 0.4) is 0 Å². The minimum absolute atomic E-state index is 0.251. The lowest BCUT2D eigenvalue weighted by Crippen LogP contribution is -2.65. The maximum atomic E-state index is 13.2. The number of aliphatic hydroxyl groups is 8. The first kappa shape index (κ1) is 66.8. The third-order valence-electron chi connectivity index (χ3n) is 13.9. The van der Waals surface area contributed by atoms with Gasteiger partial charge in [-0.3, -0.25) is 4.79 Å². The van der Waals surface area contributed by atoms with Gasteiger partial charge in [-0.2, -0.15) is 0 Å². The van der Waals surface area contributed by atoms with Crippen LogP contribution in [0.1, 0.15) is 213 Å². The van der Waals surface area contributed by atoms with Crippen molar-refractivity contribution in [2.75, 3.05) is 19.8 Å². The molecule has 0 aliphatic carbocycles. The number of hydrogen-bond donors (Lipinski definition) is 9. The molecule has 9 N–H and O–H groups in total. The third kappa shape index (κ3) is 30.9. The van der Waals surface area contributed by atoms with Crippen LogP contribution in [0.4, 0.5) is 0 Å². The summed E-state index contributed by atoms with van der Waals surface area (Å²) < 4.78 is 22.7. The fourth-order valence-electron chi connectivity index (χ4n) is 9.18. The molecular weight excluding hydrogens is 931 g/mol. The summed E-state index contributed by atoms with van der Waals surface area (Å²) in [7, 11) is 0. The van der Waals surface area contributed by atoms with Crippen LogP contribution in [0.5, 0.6) is 0 Å². The van der Waals surface area contributed by atoms with Crippen molar-refractivity contribution in [1.29, 1.82) is 0 Å². The number of hydrogen-bond acceptors (Lipinski definition) is 13. The number of rotatable bonds is 45. The predicted octanol–water partition coefficient (Wildman–Crippen LogP) is 9.39. The summed E-state index contributed by atoms with van der Waals surface area (Å²) >= 11 is 0. The van der Waals surface area contributed by atoms with Gasteiger partial charge < -0.3 is 65.1 Å². The molecule has 0 spiro atoms. The SMILES string of the molecule is CCC/C=C\C/C=C\CCCCCCCC(=O)NC(COC1OC(CO)C(OC2OC(CO)C(O)C(O)C2O)C(O)C1O)C(O)/C=C/CC/C=C/CC/C=C/CCCCCCCCCCCCCCCCCC. The van der Waals surface area contributed by atoms with Gasteiger partial charge in [0.2, 0.25) is 5.91 Å². The highest BCUT2D eigenvalue weighted by Crippen LogP contribution is 2.30. The van der Waals surface area contributed by atoms with Crippen LogP contribution in [-0.4, -0.2) is 140 Å². The summed E-state index contributed by atoms with van der Waals surface area (Å²) in [6.07, 6.45) is 39.9. The quantitative estimate of drug-likeness (QED) is 0.0205. The Morgan fingerprint density at radius 1 is 0.493 bits per heavy atom. The monoisotopic (exact) mass is 1040 g/mol. The number of allylic oxidation sites excluding steroid dienone is 9. The second kappa shape index (κ2) is 44.8. The number of ether oxygens (including phenoxy) is 4. The highest BCUT2D eigenvalue weighted by atomic mass is 16.7. The number of carbonyl (C=O) groups is 1. The van der Waals surface area contributed by atoms with E-state index in [-0.39, 0.29) is 18.9 Å². The zero-order valence-corrected chi connectivity index (χ0v) is 45.4. The van der Waals surface area contributed by atoms with Crippen LogP contribution in [0.25, 0.3) is 0 Å². The van der Waals surface area contributed by atoms with Crippen molar-refractivity contribution >= 4 is 5.91 Å².